The number of hydrogen-bond donors (Lipinski definition) is 2. The number of benzene rings is 1. The number of rotatable bonds is 5. The van der Waals surface area contributed by atoms with E-state index in [2.05, 4.69) is 9.62 Å². The predicted octanol–water partition coefficient (Wildman–Crippen LogP) is 2.69. The Morgan fingerprint density at radius 1 is 1.21 bits per heavy atom. The van der Waals surface area contributed by atoms with E-state index < -0.39 is 10.2 Å². The third kappa shape index (κ3) is 5.06. The van der Waals surface area contributed by atoms with Gasteiger partial charge in [0.2, 0.25) is 0 Å². The first-order valence-corrected chi connectivity index (χ1v) is 12.0. The first-order valence-electron chi connectivity index (χ1n) is 10.1. The van der Waals surface area contributed by atoms with Crippen molar-refractivity contribution in [3.63, 3.8) is 0 Å². The average molecular weight is 436 g/mol. The maximum absolute atomic E-state index is 11.3. The lowest BCUT2D eigenvalue weighted by Crippen LogP contribution is -2.43. The van der Waals surface area contributed by atoms with Gasteiger partial charge in [-0.25, -0.2) is 19.8 Å². The van der Waals surface area contributed by atoms with Gasteiger partial charge >= 0.3 is 0 Å². The molecule has 1 aromatic carbocycles. The summed E-state index contributed by atoms with van der Waals surface area (Å²) in [5, 5.41) is 5.77. The molecule has 1 atom stereocenters. The minimum Gasteiger partial charge on any atom is -0.356 e. The molecule has 2 aromatic rings. The van der Waals surface area contributed by atoms with Crippen LogP contribution in [0.3, 0.4) is 0 Å². The van der Waals surface area contributed by atoms with Gasteiger partial charge in [-0.1, -0.05) is 23.7 Å². The lowest BCUT2D eigenvalue weighted by molar-refractivity contribution is 0.408. The number of anilines is 1. The fraction of sp³-hybridized carbons (Fsp3) is 0.500. The van der Waals surface area contributed by atoms with E-state index in [0.717, 1.165) is 68.7 Å². The molecule has 1 aliphatic carbocycles. The fourth-order valence-electron chi connectivity index (χ4n) is 4.25. The molecule has 29 heavy (non-hydrogen) atoms. The Balaban J connectivity index is 1.65. The van der Waals surface area contributed by atoms with Crippen molar-refractivity contribution in [2.24, 2.45) is 11.1 Å². The maximum atomic E-state index is 11.3. The summed E-state index contributed by atoms with van der Waals surface area (Å²) in [5.41, 5.74) is 3.28. The van der Waals surface area contributed by atoms with Gasteiger partial charge in [0.25, 0.3) is 10.2 Å². The molecule has 0 unspecified atom stereocenters. The van der Waals surface area contributed by atoms with Gasteiger partial charge in [0, 0.05) is 41.5 Å². The summed E-state index contributed by atoms with van der Waals surface area (Å²) in [5.74, 6) is 1.89. The van der Waals surface area contributed by atoms with Gasteiger partial charge in [-0.05, 0) is 56.6 Å². The van der Waals surface area contributed by atoms with Crippen molar-refractivity contribution in [1.82, 2.24) is 14.7 Å². The van der Waals surface area contributed by atoms with Gasteiger partial charge in [-0.15, -0.1) is 0 Å². The summed E-state index contributed by atoms with van der Waals surface area (Å²) in [6.45, 7) is 2.01. The molecule has 0 spiro atoms. The van der Waals surface area contributed by atoms with Crippen molar-refractivity contribution < 1.29 is 8.42 Å². The standard InChI is InChI=1S/C20H26ClN5O2S/c21-16-7-3-6-15(11-16)19-24-18-9-2-1-8-17(18)20(25-19)26-10-4-5-14(13-26)12-23-29(22,27)28/h3,6-7,11,14,23H,1-2,4-5,8-10,12-13H2,(H2,22,27,28)/t14-/m1/s1. The molecule has 1 aliphatic heterocycles. The molecule has 1 fully saturated rings. The molecule has 9 heteroatoms. The molecule has 0 radical (unpaired) electrons. The Kier molecular flexibility index (Phi) is 6.06. The molecular weight excluding hydrogens is 410 g/mol. The molecule has 1 aromatic heterocycles. The van der Waals surface area contributed by atoms with E-state index >= 15 is 0 Å². The summed E-state index contributed by atoms with van der Waals surface area (Å²) in [4.78, 5) is 12.1. The Morgan fingerprint density at radius 3 is 2.83 bits per heavy atom. The second-order valence-corrected chi connectivity index (χ2v) is 9.68. The maximum Gasteiger partial charge on any atom is 0.274 e. The second-order valence-electron chi connectivity index (χ2n) is 7.86. The van der Waals surface area contributed by atoms with Crippen LogP contribution in [0.4, 0.5) is 5.82 Å². The fourth-order valence-corrected chi connectivity index (χ4v) is 4.91. The van der Waals surface area contributed by atoms with Crippen molar-refractivity contribution in [3.05, 3.63) is 40.5 Å². The Hall–Kier alpha value is -1.74. The van der Waals surface area contributed by atoms with Crippen LogP contribution in [0, 0.1) is 5.92 Å². The normalized spacial score (nSPS) is 19.8. The smallest absolute Gasteiger partial charge is 0.274 e. The SMILES string of the molecule is NS(=O)(=O)NC[C@H]1CCCN(c2nc(-c3cccc(Cl)c3)nc3c2CCCC3)C1. The number of hydrogen-bond acceptors (Lipinski definition) is 5. The zero-order valence-electron chi connectivity index (χ0n) is 16.3. The van der Waals surface area contributed by atoms with E-state index in [1.807, 2.05) is 24.3 Å². The lowest BCUT2D eigenvalue weighted by Gasteiger charge is -2.35. The van der Waals surface area contributed by atoms with Crippen LogP contribution < -0.4 is 14.8 Å². The highest BCUT2D eigenvalue weighted by molar-refractivity contribution is 7.87. The monoisotopic (exact) mass is 435 g/mol. The number of aryl methyl sites for hydroxylation is 1. The van der Waals surface area contributed by atoms with Crippen molar-refractivity contribution in [2.45, 2.75) is 38.5 Å². The van der Waals surface area contributed by atoms with Crippen LogP contribution in [0.2, 0.25) is 5.02 Å². The van der Waals surface area contributed by atoms with E-state index in [1.165, 1.54) is 5.56 Å². The number of halogens is 1. The van der Waals surface area contributed by atoms with E-state index in [1.54, 1.807) is 0 Å². The molecule has 7 nitrogen and oxygen atoms in total. The van der Waals surface area contributed by atoms with Crippen molar-refractivity contribution in [3.8, 4) is 11.4 Å². The van der Waals surface area contributed by atoms with Crippen LogP contribution in [0.1, 0.15) is 36.9 Å². The first-order chi connectivity index (χ1) is 13.9. The van der Waals surface area contributed by atoms with Crippen LogP contribution in [-0.4, -0.2) is 38.0 Å². The van der Waals surface area contributed by atoms with Crippen LogP contribution >= 0.6 is 11.6 Å². The quantitative estimate of drug-likeness (QED) is 0.751. The molecular formula is C20H26ClN5O2S. The molecule has 2 heterocycles. The summed E-state index contributed by atoms with van der Waals surface area (Å²) < 4.78 is 25.0. The largest absolute Gasteiger partial charge is 0.356 e. The molecule has 0 bridgehead atoms. The van der Waals surface area contributed by atoms with Gasteiger partial charge in [-0.3, -0.25) is 0 Å². The number of nitrogens with two attached hydrogens (primary N) is 1. The summed E-state index contributed by atoms with van der Waals surface area (Å²) in [6.07, 6.45) is 6.18. The lowest BCUT2D eigenvalue weighted by atomic mass is 9.93. The minimum atomic E-state index is -3.67. The highest BCUT2D eigenvalue weighted by Gasteiger charge is 2.27. The summed E-state index contributed by atoms with van der Waals surface area (Å²) in [7, 11) is -3.67. The topological polar surface area (TPSA) is 101 Å². The van der Waals surface area contributed by atoms with Crippen LogP contribution in [0.5, 0.6) is 0 Å². The Morgan fingerprint density at radius 2 is 2.03 bits per heavy atom. The van der Waals surface area contributed by atoms with Crippen LogP contribution in [-0.2, 0) is 23.1 Å². The number of nitrogens with zero attached hydrogens (tertiary/aromatic N) is 3. The molecule has 1 saturated heterocycles. The second kappa shape index (κ2) is 8.55. The van der Waals surface area contributed by atoms with Crippen LogP contribution in [0.15, 0.2) is 24.3 Å². The summed E-state index contributed by atoms with van der Waals surface area (Å²) >= 11 is 6.19. The molecule has 4 rings (SSSR count). The van der Waals surface area contributed by atoms with E-state index in [4.69, 9.17) is 26.7 Å². The van der Waals surface area contributed by atoms with Gasteiger partial charge in [0.1, 0.15) is 5.82 Å². The zero-order chi connectivity index (χ0) is 20.4. The number of piperidine rings is 1. The Bertz CT molecular complexity index is 998. The third-order valence-electron chi connectivity index (χ3n) is 5.64. The van der Waals surface area contributed by atoms with Crippen LogP contribution in [0.25, 0.3) is 11.4 Å². The molecule has 0 amide bonds. The number of nitrogens with one attached hydrogen (secondary N) is 1. The molecule has 2 aliphatic rings. The third-order valence-corrected chi connectivity index (χ3v) is 6.44. The highest BCUT2D eigenvalue weighted by Crippen LogP contribution is 2.33. The molecule has 156 valence electrons. The Labute approximate surface area is 176 Å². The molecule has 3 N–H and O–H groups in total. The van der Waals surface area contributed by atoms with Gasteiger partial charge in [-0.2, -0.15) is 8.42 Å². The zero-order valence-corrected chi connectivity index (χ0v) is 17.8. The van der Waals surface area contributed by atoms with E-state index in [-0.39, 0.29) is 5.92 Å². The minimum absolute atomic E-state index is 0.200. The summed E-state index contributed by atoms with van der Waals surface area (Å²) in [6, 6.07) is 7.63. The number of fused-ring (bicyclic) bond motifs is 1. The first kappa shape index (κ1) is 20.5. The van der Waals surface area contributed by atoms with Gasteiger partial charge < -0.3 is 4.90 Å². The van der Waals surface area contributed by atoms with E-state index in [0.29, 0.717) is 17.4 Å². The number of aromatic nitrogens is 2. The van der Waals surface area contributed by atoms with Crippen molar-refractivity contribution >= 4 is 27.6 Å². The van der Waals surface area contributed by atoms with Crippen molar-refractivity contribution in [1.29, 1.82) is 0 Å². The highest BCUT2D eigenvalue weighted by atomic mass is 35.5. The predicted molar refractivity (Wildman–Crippen MR) is 115 cm³/mol. The van der Waals surface area contributed by atoms with Gasteiger partial charge in [0.05, 0.1) is 0 Å². The van der Waals surface area contributed by atoms with Gasteiger partial charge in [0.15, 0.2) is 5.82 Å². The van der Waals surface area contributed by atoms with Crippen molar-refractivity contribution in [2.75, 3.05) is 24.5 Å². The molecule has 0 saturated carbocycles. The van der Waals surface area contributed by atoms with E-state index in [9.17, 15) is 8.42 Å². The average Bonchev–Trinajstić information content (AvgIpc) is 2.71.